The molecule has 2 N–H and O–H groups in total. The van der Waals surface area contributed by atoms with Crippen molar-refractivity contribution in [2.24, 2.45) is 11.3 Å². The fourth-order valence-corrected chi connectivity index (χ4v) is 10.7. The van der Waals surface area contributed by atoms with E-state index in [1.807, 2.05) is 45.0 Å². The Hall–Kier alpha value is -5.68. The van der Waals surface area contributed by atoms with Crippen LogP contribution in [0.1, 0.15) is 93.8 Å². The van der Waals surface area contributed by atoms with Crippen LogP contribution in [0.15, 0.2) is 89.3 Å². The van der Waals surface area contributed by atoms with E-state index in [-0.39, 0.29) is 28.3 Å². The van der Waals surface area contributed by atoms with Gasteiger partial charge in [-0.2, -0.15) is 0 Å². The van der Waals surface area contributed by atoms with Crippen molar-refractivity contribution < 1.29 is 37.1 Å². The molecule has 17 heteroatoms. The van der Waals surface area contributed by atoms with Gasteiger partial charge in [-0.05, 0) is 130 Å². The van der Waals surface area contributed by atoms with E-state index in [2.05, 4.69) is 45.8 Å². The van der Waals surface area contributed by atoms with Crippen LogP contribution in [0.25, 0.3) is 5.57 Å². The van der Waals surface area contributed by atoms with Crippen molar-refractivity contribution in [1.82, 2.24) is 14.5 Å². The highest BCUT2D eigenvalue weighted by Crippen LogP contribution is 2.44. The normalized spacial score (nSPS) is 18.1. The monoisotopic (exact) mass is 982 g/mol. The van der Waals surface area contributed by atoms with E-state index in [9.17, 15) is 28.1 Å². The zero-order valence-corrected chi connectivity index (χ0v) is 41.7. The van der Waals surface area contributed by atoms with Crippen LogP contribution >= 0.6 is 11.6 Å². The lowest BCUT2D eigenvalue weighted by molar-refractivity contribution is -0.384. The number of hydrogen-bond donors (Lipinski definition) is 2. The van der Waals surface area contributed by atoms with Gasteiger partial charge in [-0.1, -0.05) is 55.3 Å². The lowest BCUT2D eigenvalue weighted by Gasteiger charge is -2.39. The number of sulfonamides is 1. The number of nitrogens with zero attached hydrogens (tertiary/aromatic N) is 4. The average molecular weight is 984 g/mol. The molecule has 0 unspecified atom stereocenters. The van der Waals surface area contributed by atoms with E-state index in [1.54, 1.807) is 29.2 Å². The van der Waals surface area contributed by atoms with Gasteiger partial charge in [0.15, 0.2) is 0 Å². The fraction of sp³-hybridized carbons (Fsp3) is 0.462. The van der Waals surface area contributed by atoms with Gasteiger partial charge >= 0.3 is 6.09 Å². The number of anilines is 2. The Morgan fingerprint density at radius 2 is 1.67 bits per heavy atom. The van der Waals surface area contributed by atoms with Crippen LogP contribution in [0.5, 0.6) is 11.5 Å². The summed E-state index contributed by atoms with van der Waals surface area (Å²) in [6, 6.07) is 22.4. The number of fused-ring (bicyclic) bond motifs is 1. The van der Waals surface area contributed by atoms with Crippen molar-refractivity contribution in [3.63, 3.8) is 0 Å². The number of allylic oxidation sites excluding steroid dienone is 1. The van der Waals surface area contributed by atoms with Crippen LogP contribution in [0, 0.1) is 21.4 Å². The quantitative estimate of drug-likeness (QED) is 0.0961. The Kier molecular flexibility index (Phi) is 14.9. The summed E-state index contributed by atoms with van der Waals surface area (Å²) in [4.78, 5) is 44.7. The van der Waals surface area contributed by atoms with Gasteiger partial charge in [0.25, 0.3) is 21.6 Å². The van der Waals surface area contributed by atoms with E-state index in [4.69, 9.17) is 25.8 Å². The molecular weight excluding hydrogens is 920 g/mol. The largest absolute Gasteiger partial charge is 0.456 e. The van der Waals surface area contributed by atoms with Crippen LogP contribution in [-0.2, 0) is 32.5 Å². The SMILES string of the molecule is CC1(C)CCC(CN2CCN(c3ccc(C(=O)NS(=O)(=O)c4ccc(NCC5CCOCC5)c([N+](=O)[O-])c4)c(Oc4cccc5c4CCN(C(=O)OC(C)(C)C)C5)c3)CC2)=C(c2ccc(Cl)cc2)C1. The molecule has 1 aliphatic carbocycles. The minimum atomic E-state index is -4.61. The molecule has 4 aromatic carbocycles. The molecule has 3 heterocycles. The van der Waals surface area contributed by atoms with Crippen molar-refractivity contribution in [1.29, 1.82) is 0 Å². The van der Waals surface area contributed by atoms with Gasteiger partial charge in [0.1, 0.15) is 22.8 Å². The Balaban J connectivity index is 1.04. The highest BCUT2D eigenvalue weighted by molar-refractivity contribution is 7.90. The average Bonchev–Trinajstić information content (AvgIpc) is 3.31. The van der Waals surface area contributed by atoms with Gasteiger partial charge in [0, 0.05) is 94.0 Å². The molecular formula is C52H63ClN6O9S. The van der Waals surface area contributed by atoms with Crippen LogP contribution in [0.2, 0.25) is 5.02 Å². The summed E-state index contributed by atoms with van der Waals surface area (Å²) in [5.74, 6) is -0.109. The molecule has 0 atom stereocenters. The lowest BCUT2D eigenvalue weighted by atomic mass is 9.72. The smallest absolute Gasteiger partial charge is 0.410 e. The summed E-state index contributed by atoms with van der Waals surface area (Å²) < 4.78 is 47.6. The molecule has 69 heavy (non-hydrogen) atoms. The number of benzene rings is 4. The number of amides is 2. The molecule has 4 aromatic rings. The minimum Gasteiger partial charge on any atom is -0.456 e. The number of nitrogens with one attached hydrogen (secondary N) is 2. The first kappa shape index (κ1) is 49.7. The van der Waals surface area contributed by atoms with Crippen LogP contribution < -0.4 is 19.7 Å². The molecule has 0 aromatic heterocycles. The minimum absolute atomic E-state index is 0.0455. The summed E-state index contributed by atoms with van der Waals surface area (Å²) in [7, 11) is -4.61. The van der Waals surface area contributed by atoms with Gasteiger partial charge in [0.05, 0.1) is 15.4 Å². The molecule has 0 radical (unpaired) electrons. The number of nitro groups is 1. The first-order valence-corrected chi connectivity index (χ1v) is 25.7. The van der Waals surface area contributed by atoms with Crippen molar-refractivity contribution in [2.45, 2.75) is 90.2 Å². The summed E-state index contributed by atoms with van der Waals surface area (Å²) in [6.07, 6.45) is 4.82. The second-order valence-corrected chi connectivity index (χ2v) is 22.4. The number of halogens is 1. The van der Waals surface area contributed by atoms with Gasteiger partial charge < -0.3 is 29.3 Å². The summed E-state index contributed by atoms with van der Waals surface area (Å²) in [6.45, 7) is 16.4. The fourth-order valence-electron chi connectivity index (χ4n) is 9.57. The Labute approximate surface area is 410 Å². The molecule has 2 fully saturated rings. The first-order chi connectivity index (χ1) is 32.8. The zero-order chi connectivity index (χ0) is 49.1. The molecule has 0 bridgehead atoms. The highest BCUT2D eigenvalue weighted by Gasteiger charge is 2.32. The summed E-state index contributed by atoms with van der Waals surface area (Å²) in [5, 5.41) is 16.0. The lowest BCUT2D eigenvalue weighted by Crippen LogP contribution is -2.47. The van der Waals surface area contributed by atoms with Crippen molar-refractivity contribution in [3.8, 4) is 11.5 Å². The van der Waals surface area contributed by atoms with E-state index in [1.165, 1.54) is 28.8 Å². The standard InChI is InChI=1S/C52H63ClN6O9S/c1-51(2,3)68-50(61)58-22-18-42-37(34-58)7-6-8-47(42)67-48-29-40(57-25-23-56(24-26-57)33-38-17-21-52(4,5)31-44(38)36-9-11-39(53)12-10-36)13-15-43(48)49(60)55-69(64,65)41-14-16-45(46(30-41)59(62)63)54-32-35-19-27-66-28-20-35/h6-16,29-30,35,54H,17-28,31-34H2,1-5H3,(H,55,60). The Bertz CT molecular complexity index is 2710. The van der Waals surface area contributed by atoms with Gasteiger partial charge in [-0.25, -0.2) is 17.9 Å². The van der Waals surface area contributed by atoms with Gasteiger partial charge in [0.2, 0.25) is 0 Å². The van der Waals surface area contributed by atoms with E-state index >= 15 is 0 Å². The number of carbonyl (C=O) groups is 2. The number of rotatable bonds is 13. The van der Waals surface area contributed by atoms with E-state index in [0.717, 1.165) is 79.6 Å². The zero-order valence-electron chi connectivity index (χ0n) is 40.1. The number of ether oxygens (including phenoxy) is 3. The number of carbonyl (C=O) groups excluding carboxylic acids is 2. The second-order valence-electron chi connectivity index (χ2n) is 20.3. The molecule has 0 saturated carbocycles. The number of piperazine rings is 1. The van der Waals surface area contributed by atoms with E-state index < -0.39 is 43.1 Å². The summed E-state index contributed by atoms with van der Waals surface area (Å²) >= 11 is 6.27. The molecule has 0 spiro atoms. The first-order valence-electron chi connectivity index (χ1n) is 23.8. The third-order valence-corrected chi connectivity index (χ3v) is 15.0. The highest BCUT2D eigenvalue weighted by atomic mass is 35.5. The predicted octanol–water partition coefficient (Wildman–Crippen LogP) is 10.1. The molecule has 15 nitrogen and oxygen atoms in total. The second kappa shape index (κ2) is 20.7. The third-order valence-electron chi connectivity index (χ3n) is 13.5. The molecule has 8 rings (SSSR count). The van der Waals surface area contributed by atoms with Crippen molar-refractivity contribution >= 4 is 56.3 Å². The maximum Gasteiger partial charge on any atom is 0.410 e. The van der Waals surface area contributed by atoms with Crippen LogP contribution in [0.3, 0.4) is 0 Å². The van der Waals surface area contributed by atoms with Crippen molar-refractivity contribution in [2.75, 3.05) is 69.2 Å². The topological polar surface area (TPSA) is 173 Å². The Morgan fingerprint density at radius 3 is 2.38 bits per heavy atom. The predicted molar refractivity (Wildman–Crippen MR) is 268 cm³/mol. The molecule has 368 valence electrons. The van der Waals surface area contributed by atoms with Gasteiger partial charge in [-0.3, -0.25) is 19.8 Å². The van der Waals surface area contributed by atoms with Crippen LogP contribution in [-0.4, -0.2) is 99.8 Å². The molecule has 2 saturated heterocycles. The molecule has 4 aliphatic rings. The molecule has 2 amide bonds. The third kappa shape index (κ3) is 12.4. The number of hydrogen-bond acceptors (Lipinski definition) is 12. The van der Waals surface area contributed by atoms with E-state index in [0.29, 0.717) is 58.1 Å². The summed E-state index contributed by atoms with van der Waals surface area (Å²) in [5.41, 5.74) is 5.85. The van der Waals surface area contributed by atoms with Gasteiger partial charge in [-0.15, -0.1) is 0 Å². The number of nitro benzene ring substituents is 1. The molecule has 3 aliphatic heterocycles. The Morgan fingerprint density at radius 1 is 0.928 bits per heavy atom. The maximum atomic E-state index is 14.2. The van der Waals surface area contributed by atoms with Crippen LogP contribution in [0.4, 0.5) is 21.9 Å². The maximum absolute atomic E-state index is 14.2. The van der Waals surface area contributed by atoms with Crippen molar-refractivity contribution in [3.05, 3.63) is 122 Å².